The Bertz CT molecular complexity index is 58.9. The molecule has 1 aliphatic carbocycles. The van der Waals surface area contributed by atoms with Crippen LogP contribution in [0, 0.1) is 5.92 Å². The number of ether oxygens (including phenoxy) is 1. The van der Waals surface area contributed by atoms with Crippen LogP contribution in [-0.4, -0.2) is 24.9 Å². The second-order valence-electron chi connectivity index (χ2n) is 2.38. The number of rotatable bonds is 2. The second kappa shape index (κ2) is 2.46. The first-order valence-electron chi connectivity index (χ1n) is 3.00. The van der Waals surface area contributed by atoms with Gasteiger partial charge in [0.25, 0.3) is 0 Å². The maximum atomic E-state index is 8.54. The molecular weight excluding hydrogens is 104 g/mol. The third-order valence-electron chi connectivity index (χ3n) is 1.78. The van der Waals surface area contributed by atoms with Crippen LogP contribution in [0.15, 0.2) is 0 Å². The van der Waals surface area contributed by atoms with E-state index in [0.717, 1.165) is 12.8 Å². The molecule has 0 atom stereocenters. The van der Waals surface area contributed by atoms with Gasteiger partial charge in [0.15, 0.2) is 0 Å². The summed E-state index contributed by atoms with van der Waals surface area (Å²) in [6, 6.07) is 0. The normalized spacial score (nSPS) is 36.8. The molecule has 0 aliphatic heterocycles. The van der Waals surface area contributed by atoms with Gasteiger partial charge in [0.05, 0.1) is 6.10 Å². The van der Waals surface area contributed by atoms with Crippen molar-refractivity contribution < 1.29 is 9.84 Å². The molecule has 1 N–H and O–H groups in total. The van der Waals surface area contributed by atoms with E-state index in [1.54, 1.807) is 7.11 Å². The van der Waals surface area contributed by atoms with E-state index in [2.05, 4.69) is 0 Å². The van der Waals surface area contributed by atoms with E-state index in [-0.39, 0.29) is 0 Å². The molecule has 0 unspecified atom stereocenters. The van der Waals surface area contributed by atoms with Gasteiger partial charge in [-0.25, -0.2) is 0 Å². The average molecular weight is 116 g/mol. The maximum absolute atomic E-state index is 8.54. The first kappa shape index (κ1) is 6.05. The van der Waals surface area contributed by atoms with Gasteiger partial charge in [0, 0.05) is 13.7 Å². The van der Waals surface area contributed by atoms with Crippen LogP contribution in [0.1, 0.15) is 12.8 Å². The number of aliphatic hydroxyl groups excluding tert-OH is 1. The van der Waals surface area contributed by atoms with E-state index < -0.39 is 0 Å². The average Bonchev–Trinajstić information content (AvgIpc) is 1.65. The molecule has 0 heterocycles. The Morgan fingerprint density at radius 2 is 2.25 bits per heavy atom. The maximum Gasteiger partial charge on any atom is 0.0578 e. The summed E-state index contributed by atoms with van der Waals surface area (Å²) < 4.78 is 5.01. The van der Waals surface area contributed by atoms with E-state index in [1.807, 2.05) is 0 Å². The van der Waals surface area contributed by atoms with Crippen LogP contribution >= 0.6 is 0 Å². The lowest BCUT2D eigenvalue weighted by Crippen LogP contribution is -2.32. The number of methoxy groups -OCH3 is 1. The van der Waals surface area contributed by atoms with Gasteiger partial charge in [-0.2, -0.15) is 0 Å². The Balaban J connectivity index is 2.03. The highest BCUT2D eigenvalue weighted by atomic mass is 16.5. The lowest BCUT2D eigenvalue weighted by atomic mass is 9.83. The van der Waals surface area contributed by atoms with E-state index in [9.17, 15) is 0 Å². The molecule has 48 valence electrons. The zero-order valence-electron chi connectivity index (χ0n) is 5.13. The lowest BCUT2D eigenvalue weighted by Gasteiger charge is -2.32. The largest absolute Gasteiger partial charge is 0.396 e. The Labute approximate surface area is 49.5 Å². The molecule has 0 aromatic carbocycles. The lowest BCUT2D eigenvalue weighted by molar-refractivity contribution is -0.0180. The van der Waals surface area contributed by atoms with Gasteiger partial charge in [0.2, 0.25) is 0 Å². The molecule has 0 spiro atoms. The highest BCUT2D eigenvalue weighted by molar-refractivity contribution is 4.78. The van der Waals surface area contributed by atoms with Crippen molar-refractivity contribution in [3.8, 4) is 0 Å². The fourth-order valence-electron chi connectivity index (χ4n) is 1.02. The molecule has 1 rings (SSSR count). The molecule has 8 heavy (non-hydrogen) atoms. The van der Waals surface area contributed by atoms with Crippen molar-refractivity contribution in [2.75, 3.05) is 13.7 Å². The first-order valence-corrected chi connectivity index (χ1v) is 3.00. The third-order valence-corrected chi connectivity index (χ3v) is 1.78. The Morgan fingerprint density at radius 3 is 2.62 bits per heavy atom. The smallest absolute Gasteiger partial charge is 0.0578 e. The fourth-order valence-corrected chi connectivity index (χ4v) is 1.02. The summed E-state index contributed by atoms with van der Waals surface area (Å²) in [6.45, 7) is 0.333. The van der Waals surface area contributed by atoms with Gasteiger partial charge in [-0.3, -0.25) is 0 Å². The predicted molar refractivity (Wildman–Crippen MR) is 30.6 cm³/mol. The molecule has 0 amide bonds. The van der Waals surface area contributed by atoms with Crippen molar-refractivity contribution in [3.05, 3.63) is 0 Å². The number of hydrogen-bond donors (Lipinski definition) is 1. The summed E-state index contributed by atoms with van der Waals surface area (Å²) in [5.41, 5.74) is 0. The van der Waals surface area contributed by atoms with Gasteiger partial charge >= 0.3 is 0 Å². The monoisotopic (exact) mass is 116 g/mol. The minimum absolute atomic E-state index is 0.333. The molecule has 1 aliphatic rings. The Hall–Kier alpha value is -0.0800. The second-order valence-corrected chi connectivity index (χ2v) is 2.38. The number of aliphatic hydroxyl groups is 1. The van der Waals surface area contributed by atoms with Crippen molar-refractivity contribution in [1.29, 1.82) is 0 Å². The van der Waals surface area contributed by atoms with Crippen LogP contribution < -0.4 is 0 Å². The fraction of sp³-hybridized carbons (Fsp3) is 1.00. The molecule has 0 bridgehead atoms. The molecule has 0 saturated heterocycles. The minimum Gasteiger partial charge on any atom is -0.396 e. The topological polar surface area (TPSA) is 29.5 Å². The molecule has 1 fully saturated rings. The SMILES string of the molecule is CO[C@H]1C[C@H](CO)C1. The third kappa shape index (κ3) is 1.01. The zero-order valence-corrected chi connectivity index (χ0v) is 5.13. The quantitative estimate of drug-likeness (QED) is 0.566. The summed E-state index contributed by atoms with van der Waals surface area (Å²) in [7, 11) is 1.72. The van der Waals surface area contributed by atoms with Crippen LogP contribution in [0.25, 0.3) is 0 Å². The summed E-state index contributed by atoms with van der Waals surface area (Å²) in [4.78, 5) is 0. The molecule has 0 aromatic heterocycles. The molecule has 2 heteroatoms. The van der Waals surface area contributed by atoms with Crippen molar-refractivity contribution in [1.82, 2.24) is 0 Å². The van der Waals surface area contributed by atoms with Crippen LogP contribution in [0.3, 0.4) is 0 Å². The summed E-state index contributed by atoms with van der Waals surface area (Å²) in [5.74, 6) is 0.528. The highest BCUT2D eigenvalue weighted by Crippen LogP contribution is 2.28. The highest BCUT2D eigenvalue weighted by Gasteiger charge is 2.27. The van der Waals surface area contributed by atoms with Crippen LogP contribution in [0.2, 0.25) is 0 Å². The van der Waals surface area contributed by atoms with Crippen molar-refractivity contribution >= 4 is 0 Å². The zero-order chi connectivity index (χ0) is 5.98. The van der Waals surface area contributed by atoms with Crippen molar-refractivity contribution in [3.63, 3.8) is 0 Å². The minimum atomic E-state index is 0.333. The van der Waals surface area contributed by atoms with Gasteiger partial charge in [-0.1, -0.05) is 0 Å². The van der Waals surface area contributed by atoms with Crippen molar-refractivity contribution in [2.24, 2.45) is 5.92 Å². The summed E-state index contributed by atoms with van der Waals surface area (Å²) in [5, 5.41) is 8.54. The van der Waals surface area contributed by atoms with Crippen molar-refractivity contribution in [2.45, 2.75) is 18.9 Å². The van der Waals surface area contributed by atoms with Gasteiger partial charge in [-0.05, 0) is 18.8 Å². The van der Waals surface area contributed by atoms with Gasteiger partial charge in [-0.15, -0.1) is 0 Å². The first-order chi connectivity index (χ1) is 3.86. The molecule has 1 saturated carbocycles. The summed E-state index contributed by atoms with van der Waals surface area (Å²) >= 11 is 0. The standard InChI is InChI=1S/C6H12O2/c1-8-6-2-5(3-6)4-7/h5-7H,2-4H2,1H3/t5-,6-. The predicted octanol–water partition coefficient (Wildman–Crippen LogP) is 0.404. The Morgan fingerprint density at radius 1 is 1.62 bits per heavy atom. The van der Waals surface area contributed by atoms with Gasteiger partial charge in [0.1, 0.15) is 0 Å². The van der Waals surface area contributed by atoms with Crippen LogP contribution in [0.4, 0.5) is 0 Å². The van der Waals surface area contributed by atoms with E-state index >= 15 is 0 Å². The summed E-state index contributed by atoms with van der Waals surface area (Å²) in [6.07, 6.45) is 2.53. The van der Waals surface area contributed by atoms with E-state index in [1.165, 1.54) is 0 Å². The molecule has 0 radical (unpaired) electrons. The van der Waals surface area contributed by atoms with E-state index in [4.69, 9.17) is 9.84 Å². The van der Waals surface area contributed by atoms with Gasteiger partial charge < -0.3 is 9.84 Å². The number of hydrogen-bond acceptors (Lipinski definition) is 2. The van der Waals surface area contributed by atoms with Crippen LogP contribution in [0.5, 0.6) is 0 Å². The molecular formula is C6H12O2. The van der Waals surface area contributed by atoms with Crippen LogP contribution in [-0.2, 0) is 4.74 Å². The Kier molecular flexibility index (Phi) is 1.86. The van der Waals surface area contributed by atoms with E-state index in [0.29, 0.717) is 18.6 Å². The molecule has 0 aromatic rings. The molecule has 2 nitrogen and oxygen atoms in total.